The first kappa shape index (κ1) is 23.2. The number of pyridine rings is 1. The Bertz CT molecular complexity index is 1250. The van der Waals surface area contributed by atoms with Crippen LogP contribution in [0.3, 0.4) is 0 Å². The van der Waals surface area contributed by atoms with Crippen LogP contribution in [0, 0.1) is 12.8 Å². The predicted octanol–water partition coefficient (Wildman–Crippen LogP) is 3.39. The van der Waals surface area contributed by atoms with E-state index in [2.05, 4.69) is 41.1 Å². The lowest BCUT2D eigenvalue weighted by molar-refractivity contribution is -0.136. The van der Waals surface area contributed by atoms with Gasteiger partial charge in [0.15, 0.2) is 0 Å². The van der Waals surface area contributed by atoms with Gasteiger partial charge in [-0.1, -0.05) is 22.0 Å². The van der Waals surface area contributed by atoms with Crippen LogP contribution in [0.5, 0.6) is 0 Å². The maximum absolute atomic E-state index is 13.2. The fourth-order valence-corrected chi connectivity index (χ4v) is 4.89. The topological polar surface area (TPSA) is 94.6 Å². The lowest BCUT2D eigenvalue weighted by Crippen LogP contribution is -2.51. The summed E-state index contributed by atoms with van der Waals surface area (Å²) in [5.41, 5.74) is 1.93. The number of nitrogens with zero attached hydrogens (tertiary/aromatic N) is 6. The number of nitrogens with one attached hydrogen (secondary N) is 1. The van der Waals surface area contributed by atoms with Gasteiger partial charge in [-0.05, 0) is 42.8 Å². The highest BCUT2D eigenvalue weighted by atomic mass is 79.9. The van der Waals surface area contributed by atoms with Gasteiger partial charge >= 0.3 is 0 Å². The van der Waals surface area contributed by atoms with Crippen molar-refractivity contribution in [2.75, 3.05) is 47.8 Å². The van der Waals surface area contributed by atoms with E-state index < -0.39 is 0 Å². The highest BCUT2D eigenvalue weighted by Crippen LogP contribution is 2.29. The number of hydrogen-bond donors (Lipinski definition) is 1. The highest BCUT2D eigenvalue weighted by Gasteiger charge is 2.38. The maximum Gasteiger partial charge on any atom is 0.228 e. The monoisotopic (exact) mass is 535 g/mol. The third-order valence-corrected chi connectivity index (χ3v) is 6.83. The van der Waals surface area contributed by atoms with Crippen molar-refractivity contribution >= 4 is 50.9 Å². The van der Waals surface area contributed by atoms with Gasteiger partial charge in [-0.15, -0.1) is 0 Å². The molecule has 0 spiro atoms. The third-order valence-electron chi connectivity index (χ3n) is 6.33. The normalized spacial score (nSPS) is 18.2. The summed E-state index contributed by atoms with van der Waals surface area (Å²) in [4.78, 5) is 44.6. The van der Waals surface area contributed by atoms with Gasteiger partial charge in [-0.25, -0.2) is 15.0 Å². The molecule has 0 bridgehead atoms. The lowest BCUT2D eigenvalue weighted by atomic mass is 10.1. The van der Waals surface area contributed by atoms with Crippen LogP contribution in [-0.2, 0) is 9.59 Å². The van der Waals surface area contributed by atoms with Gasteiger partial charge in [0.25, 0.3) is 0 Å². The Morgan fingerprint density at radius 1 is 1.03 bits per heavy atom. The average Bonchev–Trinajstić information content (AvgIpc) is 3.25. The van der Waals surface area contributed by atoms with Crippen molar-refractivity contribution < 1.29 is 9.59 Å². The van der Waals surface area contributed by atoms with E-state index in [1.54, 1.807) is 11.1 Å². The second-order valence-corrected chi connectivity index (χ2v) is 9.72. The number of anilines is 4. The number of rotatable bonds is 5. The number of piperazine rings is 1. The second kappa shape index (κ2) is 9.99. The molecular weight excluding hydrogens is 510 g/mol. The van der Waals surface area contributed by atoms with Crippen LogP contribution in [0.15, 0.2) is 59.5 Å². The zero-order valence-corrected chi connectivity index (χ0v) is 21.0. The highest BCUT2D eigenvalue weighted by molar-refractivity contribution is 9.10. The summed E-state index contributed by atoms with van der Waals surface area (Å²) >= 11 is 3.45. The third kappa shape index (κ3) is 5.27. The van der Waals surface area contributed by atoms with Gasteiger partial charge in [0.05, 0.1) is 5.92 Å². The number of carbonyl (C=O) groups excluding carboxylic acids is 2. The summed E-state index contributed by atoms with van der Waals surface area (Å²) in [6.07, 6.45) is 3.54. The summed E-state index contributed by atoms with van der Waals surface area (Å²) in [5, 5.41) is 3.22. The zero-order chi connectivity index (χ0) is 24.4. The molecule has 10 heteroatoms. The summed E-state index contributed by atoms with van der Waals surface area (Å²) < 4.78 is 0.909. The number of halogens is 1. The Kier molecular flexibility index (Phi) is 6.63. The van der Waals surface area contributed by atoms with Crippen LogP contribution in [0.1, 0.15) is 12.0 Å². The van der Waals surface area contributed by atoms with Gasteiger partial charge in [-0.3, -0.25) is 9.59 Å². The summed E-state index contributed by atoms with van der Waals surface area (Å²) in [6, 6.07) is 13.4. The van der Waals surface area contributed by atoms with E-state index in [-0.39, 0.29) is 24.2 Å². The number of aromatic nitrogens is 3. The summed E-state index contributed by atoms with van der Waals surface area (Å²) in [5.74, 6) is 1.93. The minimum atomic E-state index is -0.315. The Morgan fingerprint density at radius 3 is 2.60 bits per heavy atom. The SMILES string of the molecule is Cc1ccnc(Nc2cc(N3CCN(C(=O)C4CC(=O)N(c5cccc(Br)c5)C4)CC3)ncn2)c1. The van der Waals surface area contributed by atoms with Crippen molar-refractivity contribution in [1.29, 1.82) is 0 Å². The molecule has 2 amide bonds. The largest absolute Gasteiger partial charge is 0.353 e. The number of aryl methyl sites for hydroxylation is 1. The van der Waals surface area contributed by atoms with Crippen molar-refractivity contribution in [3.8, 4) is 0 Å². The minimum absolute atomic E-state index is 0.01000. The van der Waals surface area contributed by atoms with Crippen molar-refractivity contribution in [1.82, 2.24) is 19.9 Å². The molecule has 180 valence electrons. The lowest BCUT2D eigenvalue weighted by Gasteiger charge is -2.36. The Hall–Kier alpha value is -3.53. The average molecular weight is 536 g/mol. The van der Waals surface area contributed by atoms with Crippen LogP contribution in [0.25, 0.3) is 0 Å². The molecule has 2 aromatic heterocycles. The molecule has 0 radical (unpaired) electrons. The first-order chi connectivity index (χ1) is 17.0. The first-order valence-corrected chi connectivity index (χ1v) is 12.4. The van der Waals surface area contributed by atoms with Crippen molar-refractivity contribution in [3.63, 3.8) is 0 Å². The van der Waals surface area contributed by atoms with Crippen molar-refractivity contribution in [2.45, 2.75) is 13.3 Å². The van der Waals surface area contributed by atoms with E-state index in [9.17, 15) is 9.59 Å². The number of hydrogen-bond acceptors (Lipinski definition) is 7. The molecule has 1 atom stereocenters. The Morgan fingerprint density at radius 2 is 1.83 bits per heavy atom. The van der Waals surface area contributed by atoms with Crippen LogP contribution < -0.4 is 15.1 Å². The molecule has 1 N–H and O–H groups in total. The molecular formula is C25H26BrN7O2. The van der Waals surface area contributed by atoms with Crippen LogP contribution in [0.4, 0.5) is 23.1 Å². The van der Waals surface area contributed by atoms with E-state index in [4.69, 9.17) is 0 Å². The predicted molar refractivity (Wildman–Crippen MR) is 138 cm³/mol. The van der Waals surface area contributed by atoms with Gasteiger partial charge < -0.3 is 20.0 Å². The molecule has 2 fully saturated rings. The summed E-state index contributed by atoms with van der Waals surface area (Å²) in [7, 11) is 0. The smallest absolute Gasteiger partial charge is 0.228 e. The van der Waals surface area contributed by atoms with Crippen molar-refractivity contribution in [2.24, 2.45) is 5.92 Å². The van der Waals surface area contributed by atoms with Gasteiger partial charge in [-0.2, -0.15) is 0 Å². The van der Waals surface area contributed by atoms with Crippen molar-refractivity contribution in [3.05, 3.63) is 65.0 Å². The molecule has 3 aromatic rings. The Labute approximate surface area is 212 Å². The zero-order valence-electron chi connectivity index (χ0n) is 19.4. The fourth-order valence-electron chi connectivity index (χ4n) is 4.50. The van der Waals surface area contributed by atoms with E-state index in [1.807, 2.05) is 54.3 Å². The van der Waals surface area contributed by atoms with Crippen LogP contribution in [0.2, 0.25) is 0 Å². The minimum Gasteiger partial charge on any atom is -0.353 e. The van der Waals surface area contributed by atoms with Gasteiger partial charge in [0, 0.05) is 61.6 Å². The summed E-state index contributed by atoms with van der Waals surface area (Å²) in [6.45, 7) is 4.95. The second-order valence-electron chi connectivity index (χ2n) is 8.80. The molecule has 1 unspecified atom stereocenters. The van der Waals surface area contributed by atoms with E-state index in [1.165, 1.54) is 6.33 Å². The van der Waals surface area contributed by atoms with Crippen LogP contribution >= 0.6 is 15.9 Å². The molecule has 5 rings (SSSR count). The molecule has 0 saturated carbocycles. The molecule has 0 aliphatic carbocycles. The quantitative estimate of drug-likeness (QED) is 0.535. The van der Waals surface area contributed by atoms with E-state index in [0.717, 1.165) is 27.4 Å². The number of carbonyl (C=O) groups is 2. The Balaban J connectivity index is 1.18. The standard InChI is InChI=1S/C25H26BrN7O2/c1-17-5-6-27-21(11-17)30-22-14-23(29-16-28-22)31-7-9-32(10-8-31)25(35)18-12-24(34)33(15-18)20-4-2-3-19(26)13-20/h2-6,11,13-14,16,18H,7-10,12,15H2,1H3,(H,27,28,29,30). The number of benzene rings is 1. The van der Waals surface area contributed by atoms with E-state index >= 15 is 0 Å². The fraction of sp³-hybridized carbons (Fsp3) is 0.320. The molecule has 2 aliphatic heterocycles. The first-order valence-electron chi connectivity index (χ1n) is 11.6. The van der Waals surface area contributed by atoms with Gasteiger partial charge in [0.1, 0.15) is 23.8 Å². The number of amides is 2. The molecule has 35 heavy (non-hydrogen) atoms. The molecule has 2 aliphatic rings. The maximum atomic E-state index is 13.2. The molecule has 1 aromatic carbocycles. The van der Waals surface area contributed by atoms with Gasteiger partial charge in [0.2, 0.25) is 11.8 Å². The van der Waals surface area contributed by atoms with E-state index in [0.29, 0.717) is 38.5 Å². The molecule has 9 nitrogen and oxygen atoms in total. The molecule has 4 heterocycles. The molecule has 2 saturated heterocycles. The van der Waals surface area contributed by atoms with Crippen LogP contribution in [-0.4, -0.2) is 64.4 Å².